The minimum Gasteiger partial charge on any atom is -0.466 e. The van der Waals surface area contributed by atoms with E-state index in [4.69, 9.17) is 4.74 Å². The summed E-state index contributed by atoms with van der Waals surface area (Å²) >= 11 is 0. The summed E-state index contributed by atoms with van der Waals surface area (Å²) in [5.41, 5.74) is 0. The number of amides is 1. The van der Waals surface area contributed by atoms with Gasteiger partial charge >= 0.3 is 5.97 Å². The first-order valence-corrected chi connectivity index (χ1v) is 33.1. The molecule has 0 bridgehead atoms. The second kappa shape index (κ2) is 62.9. The van der Waals surface area contributed by atoms with E-state index < -0.39 is 12.1 Å². The Morgan fingerprint density at radius 1 is 0.384 bits per heavy atom. The van der Waals surface area contributed by atoms with Crippen LogP contribution < -0.4 is 5.32 Å². The van der Waals surface area contributed by atoms with Crippen LogP contribution in [0.2, 0.25) is 0 Å². The Morgan fingerprint density at radius 3 is 1.08 bits per heavy atom. The van der Waals surface area contributed by atoms with Gasteiger partial charge in [-0.2, -0.15) is 0 Å². The third-order valence-corrected chi connectivity index (χ3v) is 15.5. The van der Waals surface area contributed by atoms with Gasteiger partial charge in [0.2, 0.25) is 5.91 Å². The normalized spacial score (nSPS) is 12.7. The van der Waals surface area contributed by atoms with Crippen molar-refractivity contribution in [1.29, 1.82) is 0 Å². The van der Waals surface area contributed by atoms with Crippen molar-refractivity contribution in [3.63, 3.8) is 0 Å². The van der Waals surface area contributed by atoms with E-state index in [2.05, 4.69) is 43.5 Å². The number of rotatable bonds is 62. The number of hydrogen-bond donors (Lipinski definition) is 3. The standard InChI is InChI=1S/C67H129NO5/c1-3-5-7-9-11-13-15-17-37-41-45-49-53-57-61-67(72)73-62-58-54-50-46-42-38-35-33-31-29-27-25-23-21-19-18-20-22-24-26-28-30-32-34-36-40-44-48-52-56-60-66(71)68-64(63-69)65(70)59-55-51-47-43-39-16-14-12-10-8-6-4-2/h9,11,15,17,64-65,69-70H,3-8,10,12-14,16,18-63H2,1-2H3,(H,68,71)/b11-9-,17-15-. The molecule has 0 aliphatic heterocycles. The number of aliphatic hydroxyl groups excluding tert-OH is 2. The van der Waals surface area contributed by atoms with Crippen LogP contribution in [0.15, 0.2) is 24.3 Å². The molecule has 0 saturated heterocycles. The first kappa shape index (κ1) is 71.3. The fourth-order valence-corrected chi connectivity index (χ4v) is 10.4. The number of unbranched alkanes of at least 4 members (excludes halogenated alkanes) is 47. The number of allylic oxidation sites excluding steroid dienone is 4. The summed E-state index contributed by atoms with van der Waals surface area (Å²) < 4.78 is 5.48. The molecule has 0 heterocycles. The third-order valence-electron chi connectivity index (χ3n) is 15.5. The van der Waals surface area contributed by atoms with Gasteiger partial charge in [0.05, 0.1) is 25.4 Å². The Bertz CT molecular complexity index is 1140. The van der Waals surface area contributed by atoms with Crippen LogP contribution >= 0.6 is 0 Å². The molecule has 0 aliphatic carbocycles. The van der Waals surface area contributed by atoms with Crippen molar-refractivity contribution in [2.24, 2.45) is 0 Å². The van der Waals surface area contributed by atoms with Crippen molar-refractivity contribution in [1.82, 2.24) is 5.32 Å². The summed E-state index contributed by atoms with van der Waals surface area (Å²) in [5, 5.41) is 23.2. The predicted octanol–water partition coefficient (Wildman–Crippen LogP) is 21.0. The molecule has 73 heavy (non-hydrogen) atoms. The highest BCUT2D eigenvalue weighted by Gasteiger charge is 2.20. The first-order valence-electron chi connectivity index (χ1n) is 33.1. The fraction of sp³-hybridized carbons (Fsp3) is 0.910. The molecule has 2 unspecified atom stereocenters. The first-order chi connectivity index (χ1) is 36.0. The van der Waals surface area contributed by atoms with E-state index in [1.165, 1.54) is 283 Å². The lowest BCUT2D eigenvalue weighted by molar-refractivity contribution is -0.143. The lowest BCUT2D eigenvalue weighted by Gasteiger charge is -2.22. The number of carbonyl (C=O) groups is 2. The molecular formula is C67H129NO5. The Labute approximate surface area is 456 Å². The second-order valence-electron chi connectivity index (χ2n) is 22.8. The zero-order chi connectivity index (χ0) is 52.9. The lowest BCUT2D eigenvalue weighted by atomic mass is 10.0. The summed E-state index contributed by atoms with van der Waals surface area (Å²) in [5.74, 6) is -0.0242. The molecule has 6 heteroatoms. The molecule has 0 aromatic carbocycles. The van der Waals surface area contributed by atoms with E-state index in [1.54, 1.807) is 0 Å². The molecular weight excluding hydrogens is 899 g/mol. The zero-order valence-electron chi connectivity index (χ0n) is 49.4. The Morgan fingerprint density at radius 2 is 0.699 bits per heavy atom. The molecule has 0 saturated carbocycles. The smallest absolute Gasteiger partial charge is 0.305 e. The largest absolute Gasteiger partial charge is 0.466 e. The maximum atomic E-state index is 12.5. The van der Waals surface area contributed by atoms with E-state index in [9.17, 15) is 19.8 Å². The van der Waals surface area contributed by atoms with Crippen LogP contribution in [0.1, 0.15) is 367 Å². The fourth-order valence-electron chi connectivity index (χ4n) is 10.4. The van der Waals surface area contributed by atoms with Gasteiger partial charge in [-0.1, -0.05) is 327 Å². The van der Waals surface area contributed by atoms with Gasteiger partial charge in [-0.15, -0.1) is 0 Å². The Hall–Kier alpha value is -1.66. The monoisotopic (exact) mass is 1030 g/mol. The van der Waals surface area contributed by atoms with Crippen molar-refractivity contribution >= 4 is 11.9 Å². The van der Waals surface area contributed by atoms with E-state index in [0.717, 1.165) is 51.4 Å². The van der Waals surface area contributed by atoms with Crippen LogP contribution in [-0.4, -0.2) is 47.4 Å². The summed E-state index contributed by atoms with van der Waals surface area (Å²) in [6.07, 6.45) is 77.9. The average molecular weight is 1030 g/mol. The number of hydrogen-bond acceptors (Lipinski definition) is 5. The van der Waals surface area contributed by atoms with E-state index in [-0.39, 0.29) is 18.5 Å². The van der Waals surface area contributed by atoms with E-state index >= 15 is 0 Å². The molecule has 0 rings (SSSR count). The second-order valence-corrected chi connectivity index (χ2v) is 22.8. The van der Waals surface area contributed by atoms with Crippen LogP contribution in [0.3, 0.4) is 0 Å². The maximum Gasteiger partial charge on any atom is 0.305 e. The van der Waals surface area contributed by atoms with Crippen LogP contribution in [0.25, 0.3) is 0 Å². The van der Waals surface area contributed by atoms with Crippen LogP contribution in [-0.2, 0) is 14.3 Å². The van der Waals surface area contributed by atoms with Gasteiger partial charge in [0.25, 0.3) is 0 Å². The van der Waals surface area contributed by atoms with Gasteiger partial charge in [-0.25, -0.2) is 0 Å². The summed E-state index contributed by atoms with van der Waals surface area (Å²) in [4.78, 5) is 24.5. The van der Waals surface area contributed by atoms with E-state index in [0.29, 0.717) is 25.9 Å². The molecule has 432 valence electrons. The minimum atomic E-state index is -0.660. The summed E-state index contributed by atoms with van der Waals surface area (Å²) in [6, 6.07) is -0.537. The summed E-state index contributed by atoms with van der Waals surface area (Å²) in [6.45, 7) is 4.93. The number of ether oxygens (including phenoxy) is 1. The van der Waals surface area contributed by atoms with Gasteiger partial charge in [-0.05, 0) is 51.4 Å². The molecule has 0 spiro atoms. The van der Waals surface area contributed by atoms with Crippen molar-refractivity contribution in [3.05, 3.63) is 24.3 Å². The Balaban J connectivity index is 3.31. The molecule has 1 amide bonds. The van der Waals surface area contributed by atoms with Gasteiger partial charge in [-0.3, -0.25) is 9.59 Å². The quantitative estimate of drug-likeness (QED) is 0.0320. The molecule has 2 atom stereocenters. The summed E-state index contributed by atoms with van der Waals surface area (Å²) in [7, 11) is 0. The average Bonchev–Trinajstić information content (AvgIpc) is 3.39. The third kappa shape index (κ3) is 59.4. The SMILES string of the molecule is CCCC/C=C\C/C=C\CCCCCCCC(=O)OCCCCCCCCCCCCCCCCCCCCCCCCCCCCCCCCC(=O)NC(CO)C(O)CCCCCCCCCCCCCC. The molecule has 6 nitrogen and oxygen atoms in total. The van der Waals surface area contributed by atoms with Gasteiger partial charge in [0.15, 0.2) is 0 Å². The highest BCUT2D eigenvalue weighted by atomic mass is 16.5. The van der Waals surface area contributed by atoms with Crippen LogP contribution in [0.4, 0.5) is 0 Å². The number of nitrogens with one attached hydrogen (secondary N) is 1. The number of esters is 1. The number of carbonyl (C=O) groups excluding carboxylic acids is 2. The van der Waals surface area contributed by atoms with Gasteiger partial charge in [0.1, 0.15) is 0 Å². The number of aliphatic hydroxyl groups is 2. The lowest BCUT2D eigenvalue weighted by Crippen LogP contribution is -2.45. The molecule has 0 aromatic rings. The zero-order valence-corrected chi connectivity index (χ0v) is 49.4. The molecule has 0 aromatic heterocycles. The maximum absolute atomic E-state index is 12.5. The van der Waals surface area contributed by atoms with Crippen molar-refractivity contribution in [2.75, 3.05) is 13.2 Å². The van der Waals surface area contributed by atoms with Crippen LogP contribution in [0, 0.1) is 0 Å². The van der Waals surface area contributed by atoms with E-state index in [1.807, 2.05) is 0 Å². The van der Waals surface area contributed by atoms with Gasteiger partial charge < -0.3 is 20.3 Å². The topological polar surface area (TPSA) is 95.9 Å². The molecule has 0 aliphatic rings. The van der Waals surface area contributed by atoms with Crippen molar-refractivity contribution in [3.8, 4) is 0 Å². The highest BCUT2D eigenvalue weighted by Crippen LogP contribution is 2.19. The van der Waals surface area contributed by atoms with Crippen LogP contribution in [0.5, 0.6) is 0 Å². The van der Waals surface area contributed by atoms with Crippen molar-refractivity contribution < 1.29 is 24.5 Å². The predicted molar refractivity (Wildman–Crippen MR) is 320 cm³/mol. The van der Waals surface area contributed by atoms with Gasteiger partial charge in [0, 0.05) is 12.8 Å². The molecule has 3 N–H and O–H groups in total. The highest BCUT2D eigenvalue weighted by molar-refractivity contribution is 5.76. The minimum absolute atomic E-state index is 0.00573. The molecule has 0 radical (unpaired) electrons. The Kier molecular flexibility index (Phi) is 61.4. The molecule has 0 fully saturated rings. The van der Waals surface area contributed by atoms with Crippen molar-refractivity contribution in [2.45, 2.75) is 379 Å².